The van der Waals surface area contributed by atoms with Crippen molar-refractivity contribution in [1.82, 2.24) is 14.9 Å². The molecule has 7 nitrogen and oxygen atoms in total. The maximum Gasteiger partial charge on any atom is 0.303 e. The minimum atomic E-state index is -0.851. The van der Waals surface area contributed by atoms with E-state index in [1.165, 1.54) is 10.6 Å². The maximum atomic E-state index is 12.8. The molecular formula is C22H28ClN3O4. The molecule has 2 N–H and O–H groups in total. The first-order valence-electron chi connectivity index (χ1n) is 10.3. The SMILES string of the molecule is CCCCCc1nc(-c2ccc(Cl)cc2)cc(=O)n1CC(=O)NCCCCC(=O)O. The Hall–Kier alpha value is -2.67. The molecule has 0 spiro atoms. The zero-order valence-electron chi connectivity index (χ0n) is 17.2. The van der Waals surface area contributed by atoms with E-state index in [1.54, 1.807) is 12.1 Å². The Morgan fingerprint density at radius 1 is 1.13 bits per heavy atom. The molecule has 2 aromatic rings. The first kappa shape index (κ1) is 23.6. The molecule has 1 aromatic carbocycles. The number of rotatable bonds is 12. The van der Waals surface area contributed by atoms with Gasteiger partial charge in [-0.3, -0.25) is 19.0 Å². The number of hydrogen-bond acceptors (Lipinski definition) is 4. The molecule has 0 radical (unpaired) electrons. The second-order valence-corrected chi connectivity index (χ2v) is 7.58. The predicted molar refractivity (Wildman–Crippen MR) is 117 cm³/mol. The summed E-state index contributed by atoms with van der Waals surface area (Å²) in [6.07, 6.45) is 4.68. The van der Waals surface area contributed by atoms with Gasteiger partial charge in [-0.15, -0.1) is 0 Å². The highest BCUT2D eigenvalue weighted by atomic mass is 35.5. The van der Waals surface area contributed by atoms with Gasteiger partial charge in [0.15, 0.2) is 0 Å². The highest BCUT2D eigenvalue weighted by Gasteiger charge is 2.13. The summed E-state index contributed by atoms with van der Waals surface area (Å²) in [6.45, 7) is 2.37. The molecule has 0 saturated carbocycles. The minimum absolute atomic E-state index is 0.0764. The van der Waals surface area contributed by atoms with Gasteiger partial charge in [-0.2, -0.15) is 0 Å². The van der Waals surface area contributed by atoms with Crippen LogP contribution in [0.1, 0.15) is 51.3 Å². The highest BCUT2D eigenvalue weighted by Crippen LogP contribution is 2.19. The first-order chi connectivity index (χ1) is 14.4. The molecule has 0 unspecified atom stereocenters. The number of unbranched alkanes of at least 4 members (excludes halogenated alkanes) is 3. The summed E-state index contributed by atoms with van der Waals surface area (Å²) in [5, 5.41) is 12.0. The van der Waals surface area contributed by atoms with Gasteiger partial charge in [0.1, 0.15) is 12.4 Å². The molecule has 1 amide bonds. The predicted octanol–water partition coefficient (Wildman–Crippen LogP) is 3.67. The zero-order chi connectivity index (χ0) is 21.9. The van der Waals surface area contributed by atoms with Gasteiger partial charge < -0.3 is 10.4 Å². The molecule has 30 heavy (non-hydrogen) atoms. The minimum Gasteiger partial charge on any atom is -0.481 e. The summed E-state index contributed by atoms with van der Waals surface area (Å²) in [4.78, 5) is 40.3. The van der Waals surface area contributed by atoms with Crippen molar-refractivity contribution in [2.24, 2.45) is 0 Å². The van der Waals surface area contributed by atoms with Crippen LogP contribution in [0.25, 0.3) is 11.3 Å². The quantitative estimate of drug-likeness (QED) is 0.497. The van der Waals surface area contributed by atoms with Crippen LogP contribution in [0.15, 0.2) is 35.1 Å². The number of hydrogen-bond donors (Lipinski definition) is 2. The van der Waals surface area contributed by atoms with Crippen molar-refractivity contribution >= 4 is 23.5 Å². The zero-order valence-corrected chi connectivity index (χ0v) is 18.0. The average Bonchev–Trinajstić information content (AvgIpc) is 2.70. The number of carbonyl (C=O) groups excluding carboxylic acids is 1. The number of carbonyl (C=O) groups is 2. The third-order valence-corrected chi connectivity index (χ3v) is 4.92. The number of carboxylic acids is 1. The van der Waals surface area contributed by atoms with Crippen molar-refractivity contribution in [3.05, 3.63) is 51.5 Å². The first-order valence-corrected chi connectivity index (χ1v) is 10.6. The molecule has 0 aliphatic carbocycles. The van der Waals surface area contributed by atoms with Gasteiger partial charge >= 0.3 is 5.97 Å². The van der Waals surface area contributed by atoms with Crippen LogP contribution in [0.3, 0.4) is 0 Å². The van der Waals surface area contributed by atoms with E-state index in [4.69, 9.17) is 16.7 Å². The highest BCUT2D eigenvalue weighted by molar-refractivity contribution is 6.30. The van der Waals surface area contributed by atoms with Crippen molar-refractivity contribution in [3.63, 3.8) is 0 Å². The molecule has 0 aliphatic rings. The van der Waals surface area contributed by atoms with Crippen LogP contribution >= 0.6 is 11.6 Å². The number of nitrogens with zero attached hydrogens (tertiary/aromatic N) is 2. The molecule has 162 valence electrons. The fraction of sp³-hybridized carbons (Fsp3) is 0.455. The van der Waals surface area contributed by atoms with Gasteiger partial charge in [0.25, 0.3) is 5.56 Å². The van der Waals surface area contributed by atoms with E-state index >= 15 is 0 Å². The summed E-state index contributed by atoms with van der Waals surface area (Å²) in [7, 11) is 0. The Labute approximate surface area is 181 Å². The van der Waals surface area contributed by atoms with Gasteiger partial charge in [0.05, 0.1) is 5.69 Å². The number of aryl methyl sites for hydroxylation is 1. The molecule has 0 fully saturated rings. The second kappa shape index (κ2) is 12.1. The van der Waals surface area contributed by atoms with Crippen LogP contribution in [-0.2, 0) is 22.6 Å². The van der Waals surface area contributed by atoms with Crippen molar-refractivity contribution in [2.45, 2.75) is 58.4 Å². The van der Waals surface area contributed by atoms with Gasteiger partial charge in [0, 0.05) is 36.0 Å². The van der Waals surface area contributed by atoms with Crippen molar-refractivity contribution < 1.29 is 14.7 Å². The van der Waals surface area contributed by atoms with E-state index in [9.17, 15) is 14.4 Å². The fourth-order valence-electron chi connectivity index (χ4n) is 3.04. The lowest BCUT2D eigenvalue weighted by atomic mass is 10.1. The van der Waals surface area contributed by atoms with Crippen LogP contribution in [0.2, 0.25) is 5.02 Å². The molecule has 0 bridgehead atoms. The van der Waals surface area contributed by atoms with Crippen molar-refractivity contribution in [1.29, 1.82) is 0 Å². The number of aromatic nitrogens is 2. The van der Waals surface area contributed by atoms with Gasteiger partial charge in [0.2, 0.25) is 5.91 Å². The van der Waals surface area contributed by atoms with Crippen LogP contribution in [0, 0.1) is 0 Å². The number of aliphatic carboxylic acids is 1. The standard InChI is InChI=1S/C22H28ClN3O4/c1-2-3-4-7-19-25-18(16-9-11-17(23)12-10-16)14-21(28)26(19)15-20(27)24-13-6-5-8-22(29)30/h9-12,14H,2-8,13,15H2,1H3,(H,24,27)(H,29,30). The third-order valence-electron chi connectivity index (χ3n) is 4.67. The molecule has 8 heteroatoms. The van der Waals surface area contributed by atoms with Gasteiger partial charge in [-0.1, -0.05) is 43.5 Å². The lowest BCUT2D eigenvalue weighted by Crippen LogP contribution is -2.35. The monoisotopic (exact) mass is 433 g/mol. The van der Waals surface area contributed by atoms with Crippen molar-refractivity contribution in [3.8, 4) is 11.3 Å². The van der Waals surface area contributed by atoms with E-state index in [-0.39, 0.29) is 24.4 Å². The molecule has 1 aromatic heterocycles. The average molecular weight is 434 g/mol. The second-order valence-electron chi connectivity index (χ2n) is 7.15. The van der Waals surface area contributed by atoms with Crippen molar-refractivity contribution in [2.75, 3.05) is 6.54 Å². The molecular weight excluding hydrogens is 406 g/mol. The Bertz CT molecular complexity index is 910. The maximum absolute atomic E-state index is 12.8. The summed E-state index contributed by atoms with van der Waals surface area (Å²) < 4.78 is 1.42. The molecule has 0 atom stereocenters. The largest absolute Gasteiger partial charge is 0.481 e. The van der Waals surface area contributed by atoms with Crippen LogP contribution in [0.4, 0.5) is 0 Å². The number of amides is 1. The third kappa shape index (κ3) is 7.63. The molecule has 0 aliphatic heterocycles. The van der Waals surface area contributed by atoms with Crippen LogP contribution in [0.5, 0.6) is 0 Å². The van der Waals surface area contributed by atoms with E-state index in [2.05, 4.69) is 17.2 Å². The topological polar surface area (TPSA) is 101 Å². The lowest BCUT2D eigenvalue weighted by molar-refractivity contribution is -0.137. The normalized spacial score (nSPS) is 10.7. The Balaban J connectivity index is 2.14. The summed E-state index contributed by atoms with van der Waals surface area (Å²) >= 11 is 5.95. The molecule has 1 heterocycles. The summed E-state index contributed by atoms with van der Waals surface area (Å²) in [5.41, 5.74) is 1.08. The van der Waals surface area contributed by atoms with E-state index in [0.29, 0.717) is 42.3 Å². The number of carboxylic acid groups (broad SMARTS) is 1. The Morgan fingerprint density at radius 2 is 1.87 bits per heavy atom. The van der Waals surface area contributed by atoms with E-state index in [1.807, 2.05) is 12.1 Å². The number of benzene rings is 1. The Kier molecular flexibility index (Phi) is 9.54. The summed E-state index contributed by atoms with van der Waals surface area (Å²) in [6, 6.07) is 8.56. The molecule has 0 saturated heterocycles. The lowest BCUT2D eigenvalue weighted by Gasteiger charge is -2.14. The Morgan fingerprint density at radius 3 is 2.53 bits per heavy atom. The van der Waals surface area contributed by atoms with Gasteiger partial charge in [-0.25, -0.2) is 4.98 Å². The van der Waals surface area contributed by atoms with Crippen LogP contribution < -0.4 is 10.9 Å². The number of halogens is 1. The molecule has 2 rings (SSSR count). The smallest absolute Gasteiger partial charge is 0.303 e. The van der Waals surface area contributed by atoms with Crippen LogP contribution in [-0.4, -0.2) is 33.1 Å². The van der Waals surface area contributed by atoms with E-state index in [0.717, 1.165) is 24.8 Å². The summed E-state index contributed by atoms with van der Waals surface area (Å²) in [5.74, 6) is -0.552. The van der Waals surface area contributed by atoms with Gasteiger partial charge in [-0.05, 0) is 31.4 Å². The number of nitrogens with one attached hydrogen (secondary N) is 1. The van der Waals surface area contributed by atoms with E-state index < -0.39 is 5.97 Å². The fourth-order valence-corrected chi connectivity index (χ4v) is 3.17.